The van der Waals surface area contributed by atoms with Crippen molar-refractivity contribution in [1.82, 2.24) is 0 Å². The normalized spacial score (nSPS) is 10.9. The molecule has 5 nitrogen and oxygen atoms in total. The highest BCUT2D eigenvalue weighted by atomic mass is 19.1. The van der Waals surface area contributed by atoms with E-state index in [9.17, 15) is 14.0 Å². The number of hydrogen-bond donors (Lipinski definition) is 0. The number of halogens is 1. The van der Waals surface area contributed by atoms with Gasteiger partial charge in [-0.3, -0.25) is 0 Å². The summed E-state index contributed by atoms with van der Waals surface area (Å²) in [5, 5.41) is 0.516. The highest BCUT2D eigenvalue weighted by Crippen LogP contribution is 2.31. The van der Waals surface area contributed by atoms with Gasteiger partial charge >= 0.3 is 11.6 Å². The van der Waals surface area contributed by atoms with Gasteiger partial charge in [-0.1, -0.05) is 26.3 Å². The summed E-state index contributed by atoms with van der Waals surface area (Å²) in [6, 6.07) is 3.75. The molecule has 6 heteroatoms. The average Bonchev–Trinajstić information content (AvgIpc) is 2.73. The van der Waals surface area contributed by atoms with Gasteiger partial charge in [0.15, 0.2) is 0 Å². The molecule has 1 heterocycles. The standard InChI is InChI=1S/C24H31FO5/c1-4-6-9-12-18-15-19(22-17(3)23(25)24(27)30-20(22)16-18)28-13-10-7-8-11-14-29-21(26)5-2/h5,15-16H,2,4,6-14H2,1,3H3. The van der Waals surface area contributed by atoms with Crippen LogP contribution in [0.15, 0.2) is 34.0 Å². The van der Waals surface area contributed by atoms with E-state index in [0.29, 0.717) is 29.9 Å². The molecule has 0 aliphatic heterocycles. The van der Waals surface area contributed by atoms with E-state index in [2.05, 4.69) is 13.5 Å². The summed E-state index contributed by atoms with van der Waals surface area (Å²) in [7, 11) is 0. The van der Waals surface area contributed by atoms with Crippen molar-refractivity contribution in [1.29, 1.82) is 0 Å². The molecule has 0 spiro atoms. The van der Waals surface area contributed by atoms with Crippen LogP contribution in [0, 0.1) is 12.7 Å². The van der Waals surface area contributed by atoms with Crippen LogP contribution in [0.3, 0.4) is 0 Å². The third kappa shape index (κ3) is 6.71. The van der Waals surface area contributed by atoms with Crippen LogP contribution in [0.2, 0.25) is 0 Å². The van der Waals surface area contributed by atoms with Crippen LogP contribution in [0.5, 0.6) is 5.75 Å². The number of ether oxygens (including phenoxy) is 2. The van der Waals surface area contributed by atoms with Crippen molar-refractivity contribution >= 4 is 16.9 Å². The van der Waals surface area contributed by atoms with Gasteiger partial charge in [0.05, 0.1) is 18.6 Å². The zero-order valence-corrected chi connectivity index (χ0v) is 17.9. The molecule has 0 saturated carbocycles. The van der Waals surface area contributed by atoms with E-state index >= 15 is 0 Å². The molecule has 0 atom stereocenters. The van der Waals surface area contributed by atoms with Gasteiger partial charge in [0.2, 0.25) is 5.82 Å². The summed E-state index contributed by atoms with van der Waals surface area (Å²) in [5.74, 6) is -0.725. The number of unbranched alkanes of at least 4 members (excludes halogenated alkanes) is 5. The molecule has 2 aromatic rings. The van der Waals surface area contributed by atoms with Crippen LogP contribution in [-0.4, -0.2) is 19.2 Å². The van der Waals surface area contributed by atoms with E-state index in [4.69, 9.17) is 13.9 Å². The van der Waals surface area contributed by atoms with Gasteiger partial charge in [-0.05, 0) is 63.1 Å². The number of carbonyl (C=O) groups is 1. The molecule has 1 aromatic heterocycles. The van der Waals surface area contributed by atoms with Gasteiger partial charge in [0.1, 0.15) is 11.3 Å². The van der Waals surface area contributed by atoms with Crippen molar-refractivity contribution in [3.63, 3.8) is 0 Å². The van der Waals surface area contributed by atoms with Crippen LogP contribution in [0.4, 0.5) is 4.39 Å². The van der Waals surface area contributed by atoms with Crippen molar-refractivity contribution < 1.29 is 23.1 Å². The second-order valence-corrected chi connectivity index (χ2v) is 7.39. The van der Waals surface area contributed by atoms with E-state index in [1.54, 1.807) is 6.92 Å². The zero-order chi connectivity index (χ0) is 21.9. The van der Waals surface area contributed by atoms with Crippen molar-refractivity contribution in [3.8, 4) is 5.75 Å². The second-order valence-electron chi connectivity index (χ2n) is 7.39. The monoisotopic (exact) mass is 418 g/mol. The van der Waals surface area contributed by atoms with Gasteiger partial charge in [-0.15, -0.1) is 0 Å². The van der Waals surface area contributed by atoms with Crippen LogP contribution < -0.4 is 10.4 Å². The van der Waals surface area contributed by atoms with Gasteiger partial charge < -0.3 is 13.9 Å². The maximum Gasteiger partial charge on any atom is 0.372 e. The molecule has 0 fully saturated rings. The van der Waals surface area contributed by atoms with E-state index in [0.717, 1.165) is 63.0 Å². The Morgan fingerprint density at radius 3 is 2.57 bits per heavy atom. The molecule has 30 heavy (non-hydrogen) atoms. The van der Waals surface area contributed by atoms with Gasteiger partial charge in [-0.2, -0.15) is 4.39 Å². The molecule has 0 unspecified atom stereocenters. The van der Waals surface area contributed by atoms with Crippen LogP contribution in [-0.2, 0) is 16.0 Å². The summed E-state index contributed by atoms with van der Waals surface area (Å²) in [4.78, 5) is 22.7. The van der Waals surface area contributed by atoms with Crippen LogP contribution in [0.1, 0.15) is 63.0 Å². The minimum absolute atomic E-state index is 0.250. The third-order valence-electron chi connectivity index (χ3n) is 4.99. The molecule has 2 rings (SSSR count). The first-order chi connectivity index (χ1) is 14.5. The summed E-state index contributed by atoms with van der Waals surface area (Å²) < 4.78 is 30.3. The molecular formula is C24H31FO5. The van der Waals surface area contributed by atoms with Crippen molar-refractivity contribution in [3.05, 3.63) is 52.2 Å². The molecule has 0 N–H and O–H groups in total. The highest BCUT2D eigenvalue weighted by molar-refractivity contribution is 5.87. The molecule has 0 saturated heterocycles. The Hall–Kier alpha value is -2.63. The van der Waals surface area contributed by atoms with Crippen molar-refractivity contribution in [2.75, 3.05) is 13.2 Å². The number of fused-ring (bicyclic) bond motifs is 1. The largest absolute Gasteiger partial charge is 0.493 e. The number of aryl methyl sites for hydroxylation is 2. The Labute approximate surface area is 176 Å². The van der Waals surface area contributed by atoms with Gasteiger partial charge in [-0.25, -0.2) is 9.59 Å². The quantitative estimate of drug-likeness (QED) is 0.182. The van der Waals surface area contributed by atoms with E-state index in [-0.39, 0.29) is 5.56 Å². The van der Waals surface area contributed by atoms with Crippen molar-refractivity contribution in [2.45, 2.75) is 65.2 Å². The number of carbonyl (C=O) groups excluding carboxylic acids is 1. The zero-order valence-electron chi connectivity index (χ0n) is 17.9. The Morgan fingerprint density at radius 2 is 1.87 bits per heavy atom. The topological polar surface area (TPSA) is 65.7 Å². The number of rotatable bonds is 13. The first-order valence-corrected chi connectivity index (χ1v) is 10.7. The summed E-state index contributed by atoms with van der Waals surface area (Å²) in [5.41, 5.74) is 0.685. The lowest BCUT2D eigenvalue weighted by Gasteiger charge is -2.13. The minimum atomic E-state index is -0.950. The molecule has 0 radical (unpaired) electrons. The molecule has 0 aliphatic carbocycles. The molecule has 0 aliphatic rings. The van der Waals surface area contributed by atoms with Crippen molar-refractivity contribution in [2.24, 2.45) is 0 Å². The number of hydrogen-bond acceptors (Lipinski definition) is 5. The molecule has 0 bridgehead atoms. The summed E-state index contributed by atoms with van der Waals surface area (Å²) in [6.07, 6.45) is 8.69. The summed E-state index contributed by atoms with van der Waals surface area (Å²) >= 11 is 0. The Balaban J connectivity index is 2.01. The lowest BCUT2D eigenvalue weighted by molar-refractivity contribution is -0.137. The first-order valence-electron chi connectivity index (χ1n) is 10.7. The Bertz CT molecular complexity index is 916. The lowest BCUT2D eigenvalue weighted by Crippen LogP contribution is -2.09. The highest BCUT2D eigenvalue weighted by Gasteiger charge is 2.16. The van der Waals surface area contributed by atoms with E-state index in [1.807, 2.05) is 12.1 Å². The minimum Gasteiger partial charge on any atom is -0.493 e. The van der Waals surface area contributed by atoms with E-state index < -0.39 is 17.4 Å². The van der Waals surface area contributed by atoms with Gasteiger partial charge in [0.25, 0.3) is 0 Å². The predicted molar refractivity (Wildman–Crippen MR) is 116 cm³/mol. The Kier molecular flexibility index (Phi) is 9.58. The fourth-order valence-corrected chi connectivity index (χ4v) is 3.31. The molecule has 1 aromatic carbocycles. The van der Waals surface area contributed by atoms with E-state index in [1.165, 1.54) is 0 Å². The summed E-state index contributed by atoms with van der Waals surface area (Å²) in [6.45, 7) is 7.92. The third-order valence-corrected chi connectivity index (χ3v) is 4.99. The maximum absolute atomic E-state index is 14.1. The average molecular weight is 419 g/mol. The molecule has 0 amide bonds. The SMILES string of the molecule is C=CC(=O)OCCCCCCOc1cc(CCCCC)cc2oc(=O)c(F)c(C)c12. The maximum atomic E-state index is 14.1. The predicted octanol–water partition coefficient (Wildman–Crippen LogP) is 5.64. The smallest absolute Gasteiger partial charge is 0.372 e. The second kappa shape index (κ2) is 12.2. The first kappa shape index (κ1) is 23.6. The lowest BCUT2D eigenvalue weighted by atomic mass is 10.0. The number of benzene rings is 1. The van der Waals surface area contributed by atoms with Crippen LogP contribution >= 0.6 is 0 Å². The Morgan fingerprint density at radius 1 is 1.13 bits per heavy atom. The molecular weight excluding hydrogens is 387 g/mol. The fourth-order valence-electron chi connectivity index (χ4n) is 3.31. The fraction of sp³-hybridized carbons (Fsp3) is 0.500. The molecule has 164 valence electrons. The number of esters is 1. The van der Waals surface area contributed by atoms with Gasteiger partial charge in [0, 0.05) is 11.6 Å². The van der Waals surface area contributed by atoms with Crippen LogP contribution in [0.25, 0.3) is 11.0 Å².